The molecule has 0 amide bonds. The highest BCUT2D eigenvalue weighted by Gasteiger charge is 2.08. The van der Waals surface area contributed by atoms with Gasteiger partial charge in [0.15, 0.2) is 0 Å². The smallest absolute Gasteiger partial charge is 0.137 e. The molecule has 0 saturated heterocycles. The van der Waals surface area contributed by atoms with E-state index in [0.29, 0.717) is 6.04 Å². The highest BCUT2D eigenvalue weighted by molar-refractivity contribution is 5.20. The molecule has 1 rings (SSSR count). The summed E-state index contributed by atoms with van der Waals surface area (Å²) < 4.78 is 5.11. The van der Waals surface area contributed by atoms with Gasteiger partial charge in [-0.3, -0.25) is 0 Å². The van der Waals surface area contributed by atoms with Crippen LogP contribution in [0.1, 0.15) is 36.8 Å². The minimum Gasteiger partial charge on any atom is -0.396 e. The number of aryl methyl sites for hydroxylation is 2. The van der Waals surface area contributed by atoms with E-state index >= 15 is 0 Å². The summed E-state index contributed by atoms with van der Waals surface area (Å²) in [5.74, 6) is 0.919. The first kappa shape index (κ1) is 13.2. The predicted octanol–water partition coefficient (Wildman–Crippen LogP) is 1.58. The van der Waals surface area contributed by atoms with Crippen LogP contribution in [0.5, 0.6) is 0 Å². The van der Waals surface area contributed by atoms with Crippen LogP contribution in [-0.4, -0.2) is 29.5 Å². The van der Waals surface area contributed by atoms with E-state index < -0.39 is 0 Å². The lowest BCUT2D eigenvalue weighted by Gasteiger charge is -2.12. The zero-order valence-corrected chi connectivity index (χ0v) is 10.4. The summed E-state index contributed by atoms with van der Waals surface area (Å²) >= 11 is 0. The molecule has 16 heavy (non-hydrogen) atoms. The van der Waals surface area contributed by atoms with Crippen LogP contribution in [-0.2, 0) is 6.42 Å². The van der Waals surface area contributed by atoms with Gasteiger partial charge in [-0.2, -0.15) is 0 Å². The summed E-state index contributed by atoms with van der Waals surface area (Å²) in [6.45, 7) is 7.26. The topological polar surface area (TPSA) is 58.3 Å². The van der Waals surface area contributed by atoms with Crippen molar-refractivity contribution >= 4 is 0 Å². The molecule has 0 aliphatic heterocycles. The third-order valence-corrected chi connectivity index (χ3v) is 2.84. The maximum atomic E-state index is 8.72. The third kappa shape index (κ3) is 3.94. The van der Waals surface area contributed by atoms with Crippen molar-refractivity contribution in [3.05, 3.63) is 17.0 Å². The molecular formula is C12H22N2O2. The van der Waals surface area contributed by atoms with Gasteiger partial charge in [-0.15, -0.1) is 0 Å². The summed E-state index contributed by atoms with van der Waals surface area (Å²) in [6.07, 6.45) is 2.82. The molecule has 0 spiro atoms. The SMILES string of the molecule is Cc1noc(C)c1CCNC(C)CCCO. The first-order chi connectivity index (χ1) is 7.65. The summed E-state index contributed by atoms with van der Waals surface area (Å²) in [5.41, 5.74) is 2.20. The normalized spacial score (nSPS) is 13.0. The monoisotopic (exact) mass is 226 g/mol. The Bertz CT molecular complexity index is 290. The fourth-order valence-electron chi connectivity index (χ4n) is 1.80. The maximum absolute atomic E-state index is 8.72. The number of nitrogens with one attached hydrogen (secondary N) is 1. The molecule has 0 radical (unpaired) electrons. The largest absolute Gasteiger partial charge is 0.396 e. The number of aliphatic hydroxyl groups excluding tert-OH is 1. The summed E-state index contributed by atoms with van der Waals surface area (Å²) in [6, 6.07) is 0.452. The van der Waals surface area contributed by atoms with Crippen molar-refractivity contribution in [1.29, 1.82) is 0 Å². The van der Waals surface area contributed by atoms with Gasteiger partial charge < -0.3 is 14.9 Å². The molecule has 0 aromatic carbocycles. The van der Waals surface area contributed by atoms with Gasteiger partial charge in [-0.1, -0.05) is 5.16 Å². The van der Waals surface area contributed by atoms with Gasteiger partial charge in [0, 0.05) is 18.2 Å². The van der Waals surface area contributed by atoms with Gasteiger partial charge in [0.2, 0.25) is 0 Å². The van der Waals surface area contributed by atoms with E-state index in [9.17, 15) is 0 Å². The van der Waals surface area contributed by atoms with Crippen molar-refractivity contribution in [2.45, 2.75) is 46.1 Å². The van der Waals surface area contributed by atoms with Crippen LogP contribution in [0, 0.1) is 13.8 Å². The summed E-state index contributed by atoms with van der Waals surface area (Å²) in [7, 11) is 0. The van der Waals surface area contributed by atoms with Crippen LogP contribution in [0.3, 0.4) is 0 Å². The van der Waals surface area contributed by atoms with Gasteiger partial charge in [0.1, 0.15) is 5.76 Å². The third-order valence-electron chi connectivity index (χ3n) is 2.84. The van der Waals surface area contributed by atoms with Crippen LogP contribution < -0.4 is 5.32 Å². The van der Waals surface area contributed by atoms with Crippen LogP contribution in [0.4, 0.5) is 0 Å². The number of hydrogen-bond donors (Lipinski definition) is 2. The molecule has 0 fully saturated rings. The fourth-order valence-corrected chi connectivity index (χ4v) is 1.80. The minimum absolute atomic E-state index is 0.274. The van der Waals surface area contributed by atoms with E-state index in [1.54, 1.807) is 0 Å². The zero-order valence-electron chi connectivity index (χ0n) is 10.4. The lowest BCUT2D eigenvalue weighted by atomic mass is 10.1. The van der Waals surface area contributed by atoms with Crippen molar-refractivity contribution in [2.75, 3.05) is 13.2 Å². The highest BCUT2D eigenvalue weighted by Crippen LogP contribution is 2.12. The molecule has 2 N–H and O–H groups in total. The quantitative estimate of drug-likeness (QED) is 0.741. The van der Waals surface area contributed by atoms with Crippen molar-refractivity contribution in [3.63, 3.8) is 0 Å². The Morgan fingerprint density at radius 1 is 1.44 bits per heavy atom. The second-order valence-corrected chi connectivity index (χ2v) is 4.27. The lowest BCUT2D eigenvalue weighted by molar-refractivity contribution is 0.276. The van der Waals surface area contributed by atoms with Gasteiger partial charge in [-0.25, -0.2) is 0 Å². The molecule has 1 atom stereocenters. The molecule has 1 aromatic heterocycles. The average Bonchev–Trinajstić information content (AvgIpc) is 2.57. The number of hydrogen-bond acceptors (Lipinski definition) is 4. The van der Waals surface area contributed by atoms with E-state index in [-0.39, 0.29) is 6.61 Å². The number of aromatic nitrogens is 1. The highest BCUT2D eigenvalue weighted by atomic mass is 16.5. The predicted molar refractivity (Wildman–Crippen MR) is 63.5 cm³/mol. The van der Waals surface area contributed by atoms with Gasteiger partial charge >= 0.3 is 0 Å². The van der Waals surface area contributed by atoms with Gasteiger partial charge in [0.05, 0.1) is 5.69 Å². The number of nitrogens with zero attached hydrogens (tertiary/aromatic N) is 1. The van der Waals surface area contributed by atoms with Crippen LogP contribution in [0.15, 0.2) is 4.52 Å². The number of rotatable bonds is 7. The van der Waals surface area contributed by atoms with E-state index in [0.717, 1.165) is 37.3 Å². The average molecular weight is 226 g/mol. The Hall–Kier alpha value is -0.870. The van der Waals surface area contributed by atoms with E-state index in [4.69, 9.17) is 9.63 Å². The second kappa shape index (κ2) is 6.66. The molecule has 1 heterocycles. The van der Waals surface area contributed by atoms with Crippen molar-refractivity contribution in [1.82, 2.24) is 10.5 Å². The summed E-state index contributed by atoms with van der Waals surface area (Å²) in [5, 5.41) is 16.1. The zero-order chi connectivity index (χ0) is 12.0. The van der Waals surface area contributed by atoms with Crippen molar-refractivity contribution < 1.29 is 9.63 Å². The Morgan fingerprint density at radius 3 is 2.75 bits per heavy atom. The molecule has 0 saturated carbocycles. The molecule has 4 heteroatoms. The molecular weight excluding hydrogens is 204 g/mol. The van der Waals surface area contributed by atoms with Crippen LogP contribution >= 0.6 is 0 Å². The molecule has 92 valence electrons. The molecule has 1 unspecified atom stereocenters. The van der Waals surface area contributed by atoms with Gasteiger partial charge in [0.25, 0.3) is 0 Å². The minimum atomic E-state index is 0.274. The molecule has 0 aliphatic rings. The maximum Gasteiger partial charge on any atom is 0.137 e. The van der Waals surface area contributed by atoms with E-state index in [1.165, 1.54) is 5.56 Å². The van der Waals surface area contributed by atoms with Crippen LogP contribution in [0.25, 0.3) is 0 Å². The van der Waals surface area contributed by atoms with Crippen LogP contribution in [0.2, 0.25) is 0 Å². The standard InChI is InChI=1S/C12H22N2O2/c1-9(5-4-8-15)13-7-6-12-10(2)14-16-11(12)3/h9,13,15H,4-8H2,1-3H3. The first-order valence-corrected chi connectivity index (χ1v) is 5.91. The van der Waals surface area contributed by atoms with E-state index in [1.807, 2.05) is 13.8 Å². The van der Waals surface area contributed by atoms with E-state index in [2.05, 4.69) is 17.4 Å². The Labute approximate surface area is 97.0 Å². The number of aliphatic hydroxyl groups is 1. The van der Waals surface area contributed by atoms with Crippen molar-refractivity contribution in [2.24, 2.45) is 0 Å². The fraction of sp³-hybridized carbons (Fsp3) is 0.750. The van der Waals surface area contributed by atoms with Crippen molar-refractivity contribution in [3.8, 4) is 0 Å². The molecule has 0 bridgehead atoms. The molecule has 0 aliphatic carbocycles. The Morgan fingerprint density at radius 2 is 2.19 bits per heavy atom. The Balaban J connectivity index is 2.25. The lowest BCUT2D eigenvalue weighted by Crippen LogP contribution is -2.28. The Kier molecular flexibility index (Phi) is 5.49. The van der Waals surface area contributed by atoms with Gasteiger partial charge in [-0.05, 0) is 46.6 Å². The first-order valence-electron chi connectivity index (χ1n) is 5.91. The molecule has 4 nitrogen and oxygen atoms in total. The second-order valence-electron chi connectivity index (χ2n) is 4.27. The summed E-state index contributed by atoms with van der Waals surface area (Å²) in [4.78, 5) is 0. The molecule has 1 aromatic rings.